The minimum atomic E-state index is -0.620. The molecule has 0 amide bonds. The van der Waals surface area contributed by atoms with Gasteiger partial charge in [0.05, 0.1) is 11.1 Å². The first-order valence-electron chi connectivity index (χ1n) is 5.43. The van der Waals surface area contributed by atoms with E-state index >= 15 is 0 Å². The molecule has 0 saturated heterocycles. The van der Waals surface area contributed by atoms with Gasteiger partial charge in [0, 0.05) is 11.1 Å². The van der Waals surface area contributed by atoms with Crippen LogP contribution in [0.2, 0.25) is 5.02 Å². The van der Waals surface area contributed by atoms with Crippen molar-refractivity contribution in [1.29, 1.82) is 0 Å². The predicted octanol–water partition coefficient (Wildman–Crippen LogP) is 1.63. The number of pyridine rings is 1. The number of aromatic amines is 1. The van der Waals surface area contributed by atoms with Gasteiger partial charge in [-0.3, -0.25) is 0 Å². The predicted molar refractivity (Wildman–Crippen MR) is 70.6 cm³/mol. The minimum absolute atomic E-state index is 0.104. The summed E-state index contributed by atoms with van der Waals surface area (Å²) in [6.45, 7) is 0. The molecular weight excluding hydrogens is 266 g/mol. The van der Waals surface area contributed by atoms with Gasteiger partial charge in [-0.05, 0) is 24.3 Å². The van der Waals surface area contributed by atoms with E-state index in [9.17, 15) is 4.79 Å². The summed E-state index contributed by atoms with van der Waals surface area (Å²) in [4.78, 5) is 19.3. The van der Waals surface area contributed by atoms with Crippen LogP contribution in [0.25, 0.3) is 0 Å². The smallest absolute Gasteiger partial charge is 0.365 e. The molecular formula is C13H11ClN3O2+. The number of amidine groups is 1. The zero-order chi connectivity index (χ0) is 13.7. The Labute approximate surface area is 114 Å². The molecule has 2 aromatic rings. The number of aromatic nitrogens is 1. The maximum atomic E-state index is 11.7. The Hall–Kier alpha value is -2.40. The van der Waals surface area contributed by atoms with E-state index < -0.39 is 5.97 Å². The third-order valence-corrected chi connectivity index (χ3v) is 2.53. The van der Waals surface area contributed by atoms with Crippen LogP contribution in [0.1, 0.15) is 15.9 Å². The van der Waals surface area contributed by atoms with E-state index in [1.54, 1.807) is 42.7 Å². The van der Waals surface area contributed by atoms with Crippen molar-refractivity contribution in [3.63, 3.8) is 0 Å². The molecule has 0 aliphatic rings. The van der Waals surface area contributed by atoms with Gasteiger partial charge in [0.2, 0.25) is 0 Å². The average molecular weight is 277 g/mol. The number of rotatable bonds is 3. The molecule has 0 aliphatic carbocycles. The van der Waals surface area contributed by atoms with E-state index in [-0.39, 0.29) is 5.84 Å². The number of nitrogens with zero attached hydrogens (tertiary/aromatic N) is 1. The van der Waals surface area contributed by atoms with Gasteiger partial charge in [-0.25, -0.2) is 9.78 Å². The molecule has 19 heavy (non-hydrogen) atoms. The van der Waals surface area contributed by atoms with Gasteiger partial charge in [-0.15, -0.1) is 0 Å². The Morgan fingerprint density at radius 2 is 2.05 bits per heavy atom. The van der Waals surface area contributed by atoms with E-state index in [4.69, 9.17) is 22.2 Å². The summed E-state index contributed by atoms with van der Waals surface area (Å²) in [7, 11) is 0. The lowest BCUT2D eigenvalue weighted by Crippen LogP contribution is -2.17. The highest BCUT2D eigenvalue weighted by atomic mass is 35.5. The molecule has 6 heteroatoms. The van der Waals surface area contributed by atoms with Crippen LogP contribution in [0.5, 0.6) is 0 Å². The highest BCUT2D eigenvalue weighted by Crippen LogP contribution is 2.11. The molecule has 5 nitrogen and oxygen atoms in total. The number of hydrogen-bond donors (Lipinski definition) is 1. The van der Waals surface area contributed by atoms with Gasteiger partial charge in [0.1, 0.15) is 0 Å². The summed E-state index contributed by atoms with van der Waals surface area (Å²) in [5.74, 6) is -0.516. The van der Waals surface area contributed by atoms with Crippen LogP contribution >= 0.6 is 11.6 Å². The minimum Gasteiger partial charge on any atom is -0.380 e. The van der Waals surface area contributed by atoms with Gasteiger partial charge in [0.15, 0.2) is 18.2 Å². The molecule has 0 saturated carbocycles. The number of benzene rings is 1. The second-order valence-electron chi connectivity index (χ2n) is 3.66. The zero-order valence-electron chi connectivity index (χ0n) is 9.84. The third-order valence-electron chi connectivity index (χ3n) is 2.29. The van der Waals surface area contributed by atoms with E-state index in [1.807, 2.05) is 0 Å². The Balaban J connectivity index is 2.08. The maximum absolute atomic E-state index is 11.7. The number of halogens is 1. The van der Waals surface area contributed by atoms with Crippen molar-refractivity contribution in [2.45, 2.75) is 0 Å². The van der Waals surface area contributed by atoms with Crippen molar-refractivity contribution in [2.24, 2.45) is 10.9 Å². The van der Waals surface area contributed by atoms with Gasteiger partial charge < -0.3 is 10.6 Å². The van der Waals surface area contributed by atoms with Crippen molar-refractivity contribution in [2.75, 3.05) is 0 Å². The van der Waals surface area contributed by atoms with Gasteiger partial charge in [-0.2, -0.15) is 0 Å². The quantitative estimate of drug-likeness (QED) is 0.400. The van der Waals surface area contributed by atoms with E-state index in [0.717, 1.165) is 0 Å². The summed E-state index contributed by atoms with van der Waals surface area (Å²) in [5, 5.41) is 4.03. The number of H-pyrrole nitrogens is 1. The molecule has 0 unspecified atom stereocenters. The first kappa shape index (κ1) is 13.0. The van der Waals surface area contributed by atoms with Crippen molar-refractivity contribution in [3.05, 3.63) is 64.9 Å². The van der Waals surface area contributed by atoms with E-state index in [2.05, 4.69) is 10.1 Å². The molecule has 2 rings (SSSR count). The standard InChI is InChI=1S/C13H10ClN3O2/c14-11-5-1-3-9(7-11)13(18)19-17-12(15)10-4-2-6-16-8-10/h1-8H,(H2,15,17)/p+1. The summed E-state index contributed by atoms with van der Waals surface area (Å²) < 4.78 is 0. The average Bonchev–Trinajstić information content (AvgIpc) is 2.45. The molecule has 1 heterocycles. The lowest BCUT2D eigenvalue weighted by atomic mass is 10.2. The Kier molecular flexibility index (Phi) is 4.10. The molecule has 0 atom stereocenters. The monoisotopic (exact) mass is 276 g/mol. The highest BCUT2D eigenvalue weighted by molar-refractivity contribution is 6.30. The molecule has 96 valence electrons. The van der Waals surface area contributed by atoms with Crippen molar-refractivity contribution in [3.8, 4) is 0 Å². The van der Waals surface area contributed by atoms with E-state index in [1.165, 1.54) is 6.07 Å². The first-order valence-corrected chi connectivity index (χ1v) is 5.81. The molecule has 1 aromatic carbocycles. The summed E-state index contributed by atoms with van der Waals surface area (Å²) in [5.41, 5.74) is 6.61. The number of nitrogens with two attached hydrogens (primary N) is 1. The van der Waals surface area contributed by atoms with Crippen LogP contribution in [0, 0.1) is 0 Å². The second-order valence-corrected chi connectivity index (χ2v) is 4.09. The fourth-order valence-electron chi connectivity index (χ4n) is 1.36. The van der Waals surface area contributed by atoms with Crippen molar-refractivity contribution in [1.82, 2.24) is 0 Å². The van der Waals surface area contributed by atoms with Crippen LogP contribution < -0.4 is 10.7 Å². The Bertz CT molecular complexity index is 614. The lowest BCUT2D eigenvalue weighted by molar-refractivity contribution is -0.378. The molecule has 3 N–H and O–H groups in total. The number of nitrogens with one attached hydrogen (secondary N) is 1. The third kappa shape index (κ3) is 3.53. The van der Waals surface area contributed by atoms with Crippen molar-refractivity contribution >= 4 is 23.4 Å². The lowest BCUT2D eigenvalue weighted by Gasteiger charge is -2.00. The zero-order valence-corrected chi connectivity index (χ0v) is 10.6. The fraction of sp³-hybridized carbons (Fsp3) is 0. The molecule has 0 fully saturated rings. The first-order chi connectivity index (χ1) is 9.16. The van der Waals surface area contributed by atoms with Crippen LogP contribution in [0.4, 0.5) is 0 Å². The second kappa shape index (κ2) is 5.97. The van der Waals surface area contributed by atoms with Crippen LogP contribution in [0.15, 0.2) is 53.9 Å². The normalized spacial score (nSPS) is 11.1. The summed E-state index contributed by atoms with van der Waals surface area (Å²) in [6.07, 6.45) is 3.38. The van der Waals surface area contributed by atoms with Gasteiger partial charge in [-0.1, -0.05) is 22.8 Å². The highest BCUT2D eigenvalue weighted by Gasteiger charge is 2.08. The number of carbonyl (C=O) groups excluding carboxylic acids is 1. The SMILES string of the molecule is NC(=NOC(=O)c1cccc(Cl)c1)c1ccc[nH+]c1. The molecule has 0 bridgehead atoms. The molecule has 0 aliphatic heterocycles. The number of hydrogen-bond acceptors (Lipinski definition) is 3. The molecule has 1 aromatic heterocycles. The van der Waals surface area contributed by atoms with Crippen molar-refractivity contribution < 1.29 is 14.6 Å². The maximum Gasteiger partial charge on any atom is 0.365 e. The molecule has 0 radical (unpaired) electrons. The van der Waals surface area contributed by atoms with Crippen LogP contribution in [0.3, 0.4) is 0 Å². The fourth-order valence-corrected chi connectivity index (χ4v) is 1.55. The largest absolute Gasteiger partial charge is 0.380 e. The number of carbonyl (C=O) groups is 1. The van der Waals surface area contributed by atoms with Gasteiger partial charge >= 0.3 is 5.97 Å². The van der Waals surface area contributed by atoms with E-state index in [0.29, 0.717) is 16.1 Å². The molecule has 0 spiro atoms. The van der Waals surface area contributed by atoms with Gasteiger partial charge in [0.25, 0.3) is 0 Å². The topological polar surface area (TPSA) is 78.8 Å². The Morgan fingerprint density at radius 3 is 2.74 bits per heavy atom. The van der Waals surface area contributed by atoms with Crippen LogP contribution in [-0.4, -0.2) is 11.8 Å². The summed E-state index contributed by atoms with van der Waals surface area (Å²) in [6, 6.07) is 9.88. The number of oxime groups is 1. The van der Waals surface area contributed by atoms with Crippen LogP contribution in [-0.2, 0) is 4.84 Å². The Morgan fingerprint density at radius 1 is 1.26 bits per heavy atom. The summed E-state index contributed by atoms with van der Waals surface area (Å²) >= 11 is 5.78.